The highest BCUT2D eigenvalue weighted by Gasteiger charge is 2.07. The Balaban J connectivity index is 1.91. The predicted octanol–water partition coefficient (Wildman–Crippen LogP) is 1.91. The number of anilines is 3. The summed E-state index contributed by atoms with van der Waals surface area (Å²) in [6.45, 7) is 0.478. The fourth-order valence-corrected chi connectivity index (χ4v) is 2.32. The number of aromatic nitrogens is 4. The zero-order valence-corrected chi connectivity index (χ0v) is 12.6. The Morgan fingerprint density at radius 2 is 2.19 bits per heavy atom. The van der Waals surface area contributed by atoms with Gasteiger partial charge >= 0.3 is 0 Å². The van der Waals surface area contributed by atoms with Crippen LogP contribution in [0.15, 0.2) is 35.1 Å². The summed E-state index contributed by atoms with van der Waals surface area (Å²) in [7, 11) is 0. The second-order valence-electron chi connectivity index (χ2n) is 4.43. The molecule has 1 aromatic carbocycles. The third-order valence-electron chi connectivity index (χ3n) is 2.91. The van der Waals surface area contributed by atoms with Crippen LogP contribution in [0.5, 0.6) is 0 Å². The molecule has 3 aromatic rings. The van der Waals surface area contributed by atoms with Gasteiger partial charge in [-0.05, 0) is 18.2 Å². The molecule has 2 heterocycles. The summed E-state index contributed by atoms with van der Waals surface area (Å²) < 4.78 is 2.56. The molecular weight excluding hydrogens is 336 g/mol. The molecule has 7 nitrogen and oxygen atoms in total. The first-order valence-electron chi connectivity index (χ1n) is 6.29. The van der Waals surface area contributed by atoms with E-state index in [1.165, 1.54) is 0 Å². The van der Waals surface area contributed by atoms with Crippen LogP contribution in [0.3, 0.4) is 0 Å². The highest BCUT2D eigenvalue weighted by atomic mass is 79.9. The number of rotatable bonds is 4. The van der Waals surface area contributed by atoms with Gasteiger partial charge in [-0.25, -0.2) is 4.98 Å². The number of nitrogens with zero attached hydrogens (tertiary/aromatic N) is 4. The Bertz CT molecular complexity index is 787. The molecule has 0 saturated carbocycles. The molecule has 0 aliphatic heterocycles. The van der Waals surface area contributed by atoms with E-state index in [-0.39, 0.29) is 6.61 Å². The van der Waals surface area contributed by atoms with Gasteiger partial charge < -0.3 is 16.2 Å². The molecule has 0 aliphatic carbocycles. The normalized spacial score (nSPS) is 11.0. The highest BCUT2D eigenvalue weighted by molar-refractivity contribution is 9.10. The number of nitrogen functional groups attached to an aromatic ring is 1. The van der Waals surface area contributed by atoms with E-state index in [4.69, 9.17) is 10.8 Å². The maximum absolute atomic E-state index is 8.87. The first kappa shape index (κ1) is 13.8. The largest absolute Gasteiger partial charge is 0.394 e. The number of benzene rings is 1. The maximum atomic E-state index is 8.87. The number of hydrogen-bond acceptors (Lipinski definition) is 6. The van der Waals surface area contributed by atoms with Crippen molar-refractivity contribution in [1.29, 1.82) is 0 Å². The van der Waals surface area contributed by atoms with Crippen LogP contribution in [-0.4, -0.2) is 31.5 Å². The van der Waals surface area contributed by atoms with Crippen LogP contribution >= 0.6 is 15.9 Å². The summed E-state index contributed by atoms with van der Waals surface area (Å²) in [4.78, 5) is 8.66. The standard InChI is InChI=1S/C13H13BrN6O/c14-8-1-2-11-10(5-8)12(15)19-13(18-11)17-9-6-16-20(7-9)3-4-21/h1-2,5-7,21H,3-4H2,(H3,15,17,18,19). The molecule has 3 rings (SSSR count). The summed E-state index contributed by atoms with van der Waals surface area (Å²) in [5.74, 6) is 0.817. The molecule has 0 atom stereocenters. The van der Waals surface area contributed by atoms with Gasteiger partial charge in [-0.1, -0.05) is 15.9 Å². The minimum Gasteiger partial charge on any atom is -0.394 e. The van der Waals surface area contributed by atoms with Crippen molar-refractivity contribution in [3.8, 4) is 0 Å². The lowest BCUT2D eigenvalue weighted by atomic mass is 10.2. The Morgan fingerprint density at radius 1 is 1.33 bits per heavy atom. The van der Waals surface area contributed by atoms with E-state index >= 15 is 0 Å². The summed E-state index contributed by atoms with van der Waals surface area (Å²) >= 11 is 3.40. The van der Waals surface area contributed by atoms with Crippen molar-refractivity contribution in [3.63, 3.8) is 0 Å². The van der Waals surface area contributed by atoms with E-state index in [9.17, 15) is 0 Å². The molecule has 4 N–H and O–H groups in total. The van der Waals surface area contributed by atoms with Crippen molar-refractivity contribution in [2.24, 2.45) is 0 Å². The van der Waals surface area contributed by atoms with E-state index in [1.54, 1.807) is 17.1 Å². The maximum Gasteiger partial charge on any atom is 0.229 e. The molecule has 108 valence electrons. The molecule has 0 amide bonds. The van der Waals surface area contributed by atoms with Crippen LogP contribution < -0.4 is 11.1 Å². The number of hydrogen-bond donors (Lipinski definition) is 3. The van der Waals surface area contributed by atoms with Crippen LogP contribution in [0, 0.1) is 0 Å². The van der Waals surface area contributed by atoms with E-state index in [0.717, 1.165) is 21.1 Å². The van der Waals surface area contributed by atoms with Crippen LogP contribution in [0.4, 0.5) is 17.5 Å². The molecule has 0 aliphatic rings. The molecule has 0 radical (unpaired) electrons. The minimum atomic E-state index is 0.0371. The van der Waals surface area contributed by atoms with Gasteiger partial charge in [0, 0.05) is 16.1 Å². The van der Waals surface area contributed by atoms with Crippen LogP contribution in [0.1, 0.15) is 0 Å². The van der Waals surface area contributed by atoms with Gasteiger partial charge in [-0.15, -0.1) is 0 Å². The summed E-state index contributed by atoms with van der Waals surface area (Å²) in [6, 6.07) is 5.66. The van der Waals surface area contributed by atoms with Gasteiger partial charge in [-0.3, -0.25) is 4.68 Å². The van der Waals surface area contributed by atoms with Gasteiger partial charge in [0.15, 0.2) is 0 Å². The van der Waals surface area contributed by atoms with E-state index in [2.05, 4.69) is 36.3 Å². The van der Waals surface area contributed by atoms with Crippen molar-refractivity contribution in [2.45, 2.75) is 6.54 Å². The Hall–Kier alpha value is -2.19. The van der Waals surface area contributed by atoms with Gasteiger partial charge in [0.1, 0.15) is 5.82 Å². The number of aliphatic hydroxyl groups excluding tert-OH is 1. The lowest BCUT2D eigenvalue weighted by Gasteiger charge is -2.06. The number of halogens is 1. The number of aliphatic hydroxyl groups is 1. The smallest absolute Gasteiger partial charge is 0.229 e. The van der Waals surface area contributed by atoms with Crippen molar-refractivity contribution in [2.75, 3.05) is 17.7 Å². The topological polar surface area (TPSA) is 102 Å². The van der Waals surface area contributed by atoms with Gasteiger partial charge in [-0.2, -0.15) is 10.1 Å². The van der Waals surface area contributed by atoms with Crippen LogP contribution in [0.2, 0.25) is 0 Å². The third kappa shape index (κ3) is 2.96. The average Bonchev–Trinajstić information content (AvgIpc) is 2.87. The van der Waals surface area contributed by atoms with Crippen molar-refractivity contribution >= 4 is 44.3 Å². The summed E-state index contributed by atoms with van der Waals surface area (Å²) in [5, 5.41) is 16.8. The second-order valence-corrected chi connectivity index (χ2v) is 5.35. The van der Waals surface area contributed by atoms with Gasteiger partial charge in [0.05, 0.1) is 30.6 Å². The fraction of sp³-hybridized carbons (Fsp3) is 0.154. The number of nitrogens with one attached hydrogen (secondary N) is 1. The lowest BCUT2D eigenvalue weighted by Crippen LogP contribution is -2.02. The Labute approximate surface area is 128 Å². The zero-order valence-electron chi connectivity index (χ0n) is 11.0. The lowest BCUT2D eigenvalue weighted by molar-refractivity contribution is 0.269. The number of nitrogens with two attached hydrogens (primary N) is 1. The van der Waals surface area contributed by atoms with Crippen molar-refractivity contribution < 1.29 is 5.11 Å². The molecule has 0 unspecified atom stereocenters. The molecule has 2 aromatic heterocycles. The van der Waals surface area contributed by atoms with Crippen molar-refractivity contribution in [1.82, 2.24) is 19.7 Å². The summed E-state index contributed by atoms with van der Waals surface area (Å²) in [5.41, 5.74) is 7.46. The SMILES string of the molecule is Nc1nc(Nc2cnn(CCO)c2)nc2ccc(Br)cc12. The number of fused-ring (bicyclic) bond motifs is 1. The first-order chi connectivity index (χ1) is 10.2. The van der Waals surface area contributed by atoms with Crippen molar-refractivity contribution in [3.05, 3.63) is 35.1 Å². The quantitative estimate of drug-likeness (QED) is 0.665. The highest BCUT2D eigenvalue weighted by Crippen LogP contribution is 2.24. The monoisotopic (exact) mass is 348 g/mol. The van der Waals surface area contributed by atoms with E-state index in [1.807, 2.05) is 18.2 Å². The average molecular weight is 349 g/mol. The second kappa shape index (κ2) is 5.66. The molecule has 0 saturated heterocycles. The molecule has 8 heteroatoms. The molecule has 0 spiro atoms. The minimum absolute atomic E-state index is 0.0371. The fourth-order valence-electron chi connectivity index (χ4n) is 1.96. The molecular formula is C13H13BrN6O. The van der Waals surface area contributed by atoms with Gasteiger partial charge in [0.2, 0.25) is 5.95 Å². The Morgan fingerprint density at radius 3 is 3.00 bits per heavy atom. The Kier molecular flexibility index (Phi) is 3.72. The first-order valence-corrected chi connectivity index (χ1v) is 7.08. The summed E-state index contributed by atoms with van der Waals surface area (Å²) in [6.07, 6.45) is 3.41. The third-order valence-corrected chi connectivity index (χ3v) is 3.40. The zero-order chi connectivity index (χ0) is 14.8. The predicted molar refractivity (Wildman–Crippen MR) is 84.2 cm³/mol. The van der Waals surface area contributed by atoms with Crippen LogP contribution in [0.25, 0.3) is 10.9 Å². The molecule has 21 heavy (non-hydrogen) atoms. The van der Waals surface area contributed by atoms with E-state index < -0.39 is 0 Å². The van der Waals surface area contributed by atoms with Gasteiger partial charge in [0.25, 0.3) is 0 Å². The van der Waals surface area contributed by atoms with E-state index in [0.29, 0.717) is 18.3 Å². The molecule has 0 bridgehead atoms. The molecule has 0 fully saturated rings. The van der Waals surface area contributed by atoms with Crippen LogP contribution in [-0.2, 0) is 6.54 Å².